The number of carbonyl (C=O) groups excluding carboxylic acids is 1. The molecule has 232 valence electrons. The highest BCUT2D eigenvalue weighted by Gasteiger charge is 2.23. The number of pyridine rings is 1. The molecule has 0 fully saturated rings. The van der Waals surface area contributed by atoms with Crippen molar-refractivity contribution in [3.05, 3.63) is 105 Å². The van der Waals surface area contributed by atoms with Gasteiger partial charge in [-0.1, -0.05) is 36.5 Å². The summed E-state index contributed by atoms with van der Waals surface area (Å²) >= 11 is 12.1. The Kier molecular flexibility index (Phi) is 9.62. The van der Waals surface area contributed by atoms with Crippen LogP contribution in [0.1, 0.15) is 43.5 Å². The average Bonchev–Trinajstić information content (AvgIpc) is 3.54. The first-order valence-electron chi connectivity index (χ1n) is 14.0. The maximum Gasteiger partial charge on any atom is 0.254 e. The number of fused-ring (bicyclic) bond motifs is 2. The molecule has 3 aromatic heterocycles. The fourth-order valence-corrected chi connectivity index (χ4v) is 5.22. The summed E-state index contributed by atoms with van der Waals surface area (Å²) in [6.45, 7) is 1.84. The molecule has 1 aliphatic rings. The quantitative estimate of drug-likeness (QED) is 0.0890. The Bertz CT molecular complexity index is 1850. The molecule has 8 N–H and O–H groups in total. The fraction of sp³-hybridized carbons (Fsp3) is 0.200. The third-order valence-electron chi connectivity index (χ3n) is 7.31. The number of nitrogens with two attached hydrogens (primary N) is 3. The minimum Gasteiger partial charge on any atom is -0.397 e. The number of hydrazine groups is 1. The smallest absolute Gasteiger partial charge is 0.254 e. The molecule has 0 aliphatic carbocycles. The van der Waals surface area contributed by atoms with Crippen molar-refractivity contribution in [3.63, 3.8) is 0 Å². The van der Waals surface area contributed by atoms with Crippen LogP contribution in [0, 0.1) is 5.92 Å². The third kappa shape index (κ3) is 7.40. The van der Waals surface area contributed by atoms with Crippen LogP contribution in [0.15, 0.2) is 88.0 Å². The Morgan fingerprint density at radius 1 is 1.13 bits per heavy atom. The van der Waals surface area contributed by atoms with Gasteiger partial charge in [0.15, 0.2) is 0 Å². The average molecular weight is 649 g/mol. The maximum atomic E-state index is 13.7. The van der Waals surface area contributed by atoms with Gasteiger partial charge in [0.1, 0.15) is 11.0 Å². The van der Waals surface area contributed by atoms with Crippen molar-refractivity contribution in [3.8, 4) is 11.3 Å². The van der Waals surface area contributed by atoms with Crippen molar-refractivity contribution in [1.82, 2.24) is 30.0 Å². The topological polar surface area (TPSA) is 199 Å². The molecule has 1 amide bonds. The molecule has 1 aliphatic heterocycles. The third-order valence-corrected chi connectivity index (χ3v) is 7.64. The van der Waals surface area contributed by atoms with Crippen molar-refractivity contribution in [2.75, 3.05) is 5.01 Å². The number of amides is 1. The molecule has 2 unspecified atom stereocenters. The Morgan fingerprint density at radius 2 is 1.96 bits per heavy atom. The number of allylic oxidation sites excluding steroid dienone is 1. The van der Waals surface area contributed by atoms with E-state index in [1.807, 2.05) is 6.92 Å². The van der Waals surface area contributed by atoms with E-state index in [2.05, 4.69) is 30.5 Å². The maximum absolute atomic E-state index is 13.7. The molecule has 2 bridgehead atoms. The number of nitrogens with one attached hydrogen (secondary N) is 2. The first-order chi connectivity index (χ1) is 21.6. The van der Waals surface area contributed by atoms with Crippen LogP contribution in [0.4, 0.5) is 11.5 Å². The molecule has 1 aromatic carbocycles. The number of aliphatic imine (C=N–C) groups is 1. The van der Waals surface area contributed by atoms with Gasteiger partial charge in [0.05, 0.1) is 59.4 Å². The number of hydrogen-bond donors (Lipinski definition) is 5. The molecule has 0 radical (unpaired) electrons. The summed E-state index contributed by atoms with van der Waals surface area (Å²) in [6, 6.07) is 11.1. The van der Waals surface area contributed by atoms with Gasteiger partial charge >= 0.3 is 0 Å². The molecule has 5 rings (SSSR count). The molecule has 0 spiro atoms. The summed E-state index contributed by atoms with van der Waals surface area (Å²) in [4.78, 5) is 40.4. The van der Waals surface area contributed by atoms with Crippen LogP contribution in [0.3, 0.4) is 0 Å². The predicted molar refractivity (Wildman–Crippen MR) is 175 cm³/mol. The van der Waals surface area contributed by atoms with E-state index >= 15 is 0 Å². The van der Waals surface area contributed by atoms with E-state index in [-0.39, 0.29) is 28.2 Å². The summed E-state index contributed by atoms with van der Waals surface area (Å²) in [7, 11) is 0. The zero-order valence-corrected chi connectivity index (χ0v) is 25.7. The van der Waals surface area contributed by atoms with Gasteiger partial charge in [-0.15, -0.1) is 0 Å². The number of aromatic amines is 1. The molecular formula is C30H31Cl2N11O2. The number of aromatic nitrogens is 5. The number of H-pyrrole nitrogens is 1. The van der Waals surface area contributed by atoms with E-state index in [4.69, 9.17) is 40.5 Å². The zero-order valence-electron chi connectivity index (χ0n) is 24.2. The van der Waals surface area contributed by atoms with Crippen LogP contribution in [-0.4, -0.2) is 36.9 Å². The number of rotatable bonds is 6. The lowest BCUT2D eigenvalue weighted by Gasteiger charge is -2.23. The first-order valence-corrected chi connectivity index (χ1v) is 14.7. The molecule has 0 saturated heterocycles. The molecule has 0 saturated carbocycles. The highest BCUT2D eigenvalue weighted by Crippen LogP contribution is 2.32. The summed E-state index contributed by atoms with van der Waals surface area (Å²) in [5.41, 5.74) is 15.0. The minimum atomic E-state index is -0.493. The van der Waals surface area contributed by atoms with E-state index in [1.54, 1.807) is 48.8 Å². The van der Waals surface area contributed by atoms with Gasteiger partial charge in [0.2, 0.25) is 5.91 Å². The standard InChI is InChI=1S/C30H31Cl2N11O2/c1-17-3-2-4-25(22-11-18(7-9-36-22)29(34)23(40-30(17)45)14-37-27-8-10-39-41-27)42-16-38-21(13-28(42)44)20-12-19(31)5-6-24(20)43(35)15-26(32)33/h5-17,25H,2-4,33-35H2,1H3,(H,39,41)(H,40,45)/b26-15-,29-23?,37-14?. The van der Waals surface area contributed by atoms with Gasteiger partial charge in [0.25, 0.3) is 5.56 Å². The van der Waals surface area contributed by atoms with Crippen LogP contribution in [0.2, 0.25) is 5.02 Å². The van der Waals surface area contributed by atoms with Crippen molar-refractivity contribution >= 4 is 52.5 Å². The Labute approximate surface area is 268 Å². The highest BCUT2D eigenvalue weighted by atomic mass is 35.5. The van der Waals surface area contributed by atoms with Crippen molar-refractivity contribution in [1.29, 1.82) is 0 Å². The monoisotopic (exact) mass is 647 g/mol. The second kappa shape index (κ2) is 13.8. The second-order valence-corrected chi connectivity index (χ2v) is 11.3. The SMILES string of the molecule is CC1CCCC(n2cnc(-c3cc(Cl)ccc3N(N)/C=C(\N)Cl)cc2=O)c2cc(ccn2)C(N)=C(C=Nc2ccn[nH]2)NC1=O. The molecule has 15 heteroatoms. The van der Waals surface area contributed by atoms with Gasteiger partial charge in [-0.05, 0) is 43.2 Å². The molecular weight excluding hydrogens is 617 g/mol. The van der Waals surface area contributed by atoms with Crippen LogP contribution in [0.25, 0.3) is 17.0 Å². The minimum absolute atomic E-state index is 0.0292. The highest BCUT2D eigenvalue weighted by molar-refractivity contribution is 6.31. The number of hydrogen-bond acceptors (Lipinski definition) is 10. The number of carbonyl (C=O) groups is 1. The van der Waals surface area contributed by atoms with E-state index in [0.717, 1.165) is 0 Å². The molecule has 13 nitrogen and oxygen atoms in total. The Hall–Kier alpha value is -4.98. The number of benzene rings is 1. The summed E-state index contributed by atoms with van der Waals surface area (Å²) in [5, 5.41) is 11.2. The summed E-state index contributed by atoms with van der Waals surface area (Å²) in [6.07, 6.45) is 9.17. The van der Waals surface area contributed by atoms with Gasteiger partial charge in [0, 0.05) is 40.4 Å². The normalized spacial score (nSPS) is 18.0. The Balaban J connectivity index is 1.56. The van der Waals surface area contributed by atoms with Gasteiger partial charge in [-0.3, -0.25) is 29.2 Å². The summed E-state index contributed by atoms with van der Waals surface area (Å²) < 4.78 is 1.52. The van der Waals surface area contributed by atoms with Gasteiger partial charge in [-0.2, -0.15) is 5.10 Å². The summed E-state index contributed by atoms with van der Waals surface area (Å²) in [5.74, 6) is 6.11. The van der Waals surface area contributed by atoms with Crippen LogP contribution < -0.4 is 33.2 Å². The van der Waals surface area contributed by atoms with Crippen LogP contribution >= 0.6 is 23.2 Å². The van der Waals surface area contributed by atoms with Crippen molar-refractivity contribution in [2.24, 2.45) is 28.2 Å². The number of anilines is 1. The predicted octanol–water partition coefficient (Wildman–Crippen LogP) is 3.91. The lowest BCUT2D eigenvalue weighted by Crippen LogP contribution is -2.32. The molecule has 4 heterocycles. The molecule has 45 heavy (non-hydrogen) atoms. The number of halogens is 2. The molecule has 4 aromatic rings. The van der Waals surface area contributed by atoms with Gasteiger partial charge < -0.3 is 16.8 Å². The van der Waals surface area contributed by atoms with Gasteiger partial charge in [-0.25, -0.2) is 15.8 Å². The largest absolute Gasteiger partial charge is 0.397 e. The van der Waals surface area contributed by atoms with E-state index in [0.29, 0.717) is 64.0 Å². The lowest BCUT2D eigenvalue weighted by atomic mass is 9.97. The van der Waals surface area contributed by atoms with Crippen LogP contribution in [-0.2, 0) is 4.79 Å². The fourth-order valence-electron chi connectivity index (χ4n) is 4.94. The van der Waals surface area contributed by atoms with E-state index < -0.39 is 6.04 Å². The van der Waals surface area contributed by atoms with Crippen molar-refractivity contribution < 1.29 is 4.79 Å². The van der Waals surface area contributed by atoms with E-state index in [9.17, 15) is 9.59 Å². The first kappa shape index (κ1) is 31.4. The molecule has 2 atom stereocenters. The Morgan fingerprint density at radius 3 is 2.69 bits per heavy atom. The zero-order chi connectivity index (χ0) is 32.1. The van der Waals surface area contributed by atoms with Crippen LogP contribution in [0.5, 0.6) is 0 Å². The van der Waals surface area contributed by atoms with Crippen molar-refractivity contribution in [2.45, 2.75) is 32.2 Å². The number of nitrogens with zero attached hydrogens (tertiary/aromatic N) is 6. The lowest BCUT2D eigenvalue weighted by molar-refractivity contribution is -0.123. The van der Waals surface area contributed by atoms with E-state index in [1.165, 1.54) is 34.4 Å². The second-order valence-electron chi connectivity index (χ2n) is 10.4.